The van der Waals surface area contributed by atoms with Crippen molar-refractivity contribution in [3.63, 3.8) is 0 Å². The zero-order valence-corrected chi connectivity index (χ0v) is 18.8. The van der Waals surface area contributed by atoms with Crippen LogP contribution in [0.2, 0.25) is 0 Å². The fraction of sp³-hybridized carbons (Fsp3) is 1.00. The van der Waals surface area contributed by atoms with Crippen LogP contribution in [0.4, 0.5) is 0 Å². The average Bonchev–Trinajstić information content (AvgIpc) is 2.04. The Bertz CT molecular complexity index is 92.1. The van der Waals surface area contributed by atoms with Crippen molar-refractivity contribution >= 4 is 8.17 Å². The summed E-state index contributed by atoms with van der Waals surface area (Å²) in [5.41, 5.74) is 0. The molecule has 0 N–H and O–H groups in total. The molecule has 0 atom stereocenters. The van der Waals surface area contributed by atoms with Gasteiger partial charge in [0.05, 0.1) is 0 Å². The van der Waals surface area contributed by atoms with Crippen LogP contribution in [0.15, 0.2) is 0 Å². The molecule has 0 spiro atoms. The van der Waals surface area contributed by atoms with Crippen LogP contribution >= 0.6 is 8.17 Å². The van der Waals surface area contributed by atoms with E-state index in [4.69, 9.17) is 13.9 Å². The second-order valence-electron chi connectivity index (χ2n) is 1.54. The Balaban J connectivity index is 3.96. The van der Waals surface area contributed by atoms with Crippen molar-refractivity contribution in [2.75, 3.05) is 13.2 Å². The average molecular weight is 554 g/mol. The van der Waals surface area contributed by atoms with E-state index in [0.29, 0.717) is 13.2 Å². The van der Waals surface area contributed by atoms with Crippen LogP contribution in [0, 0.1) is 0 Å². The zero-order valence-electron chi connectivity index (χ0n) is 6.91. The topological polar surface area (TPSA) is 36.9 Å². The Morgan fingerprint density at radius 1 is 1.00 bits per heavy atom. The summed E-state index contributed by atoms with van der Waals surface area (Å²) in [6.07, 6.45) is 0. The van der Waals surface area contributed by atoms with E-state index < -0.39 is 8.17 Å². The molecule has 0 aliphatic heterocycles. The molecule has 0 bridgehead atoms. The SMILES string of the molecule is CCO[P+]([O][Hg])([O][Hg])OCC. The van der Waals surface area contributed by atoms with Crippen LogP contribution in [-0.4, -0.2) is 13.2 Å². The molecule has 4 nitrogen and oxygen atoms in total. The van der Waals surface area contributed by atoms with Crippen molar-refractivity contribution in [2.45, 2.75) is 13.8 Å². The van der Waals surface area contributed by atoms with Gasteiger partial charge in [-0.15, -0.1) is 0 Å². The van der Waals surface area contributed by atoms with Gasteiger partial charge >= 0.3 is 102 Å². The van der Waals surface area contributed by atoms with Gasteiger partial charge in [-0.2, -0.15) is 0 Å². The first-order valence-electron chi connectivity index (χ1n) is 3.30. The number of rotatable bonds is 6. The molecule has 0 saturated heterocycles. The molecule has 7 heteroatoms. The molecule has 0 fully saturated rings. The molecule has 11 heavy (non-hydrogen) atoms. The molecule has 0 radical (unpaired) electrons. The summed E-state index contributed by atoms with van der Waals surface area (Å²) >= 11 is 0.413. The first-order valence-corrected chi connectivity index (χ1v) is 9.25. The van der Waals surface area contributed by atoms with E-state index in [1.54, 1.807) is 0 Å². The first kappa shape index (κ1) is 13.1. The molecule has 0 aliphatic carbocycles. The van der Waals surface area contributed by atoms with E-state index in [9.17, 15) is 0 Å². The predicted octanol–water partition coefficient (Wildman–Crippen LogP) is 1.69. The maximum atomic E-state index is 5.31. The van der Waals surface area contributed by atoms with E-state index >= 15 is 0 Å². The normalized spacial score (nSPS) is 12.2. The number of hydrogen-bond donors (Lipinski definition) is 0. The van der Waals surface area contributed by atoms with Crippen LogP contribution in [-0.2, 0) is 67.1 Å². The molecule has 0 unspecified atom stereocenters. The molecule has 0 amide bonds. The van der Waals surface area contributed by atoms with Crippen LogP contribution < -0.4 is 0 Å². The summed E-state index contributed by atoms with van der Waals surface area (Å²) in [5, 5.41) is 0. The van der Waals surface area contributed by atoms with Crippen molar-refractivity contribution in [1.29, 1.82) is 0 Å². The molecule has 0 heterocycles. The standard InChI is InChI=1S/C4H11O4P.2Hg/c1-3-7-9(5,6)8-4-2;;/h3-4H2,1-2H3,(H,5,6);;/q;2*+1/p-1. The van der Waals surface area contributed by atoms with Gasteiger partial charge in [0.15, 0.2) is 0 Å². The molecule has 0 saturated carbocycles. The van der Waals surface area contributed by atoms with Crippen molar-refractivity contribution in [2.24, 2.45) is 0 Å². The quantitative estimate of drug-likeness (QED) is 0.371. The van der Waals surface area contributed by atoms with Gasteiger partial charge in [-0.3, -0.25) is 0 Å². The summed E-state index contributed by atoms with van der Waals surface area (Å²) in [6, 6.07) is 0. The van der Waals surface area contributed by atoms with Gasteiger partial charge in [-0.05, 0) is 0 Å². The molecule has 0 aromatic rings. The van der Waals surface area contributed by atoms with Crippen LogP contribution in [0.25, 0.3) is 0 Å². The maximum absolute atomic E-state index is 5.31. The van der Waals surface area contributed by atoms with Crippen molar-refractivity contribution in [1.82, 2.24) is 0 Å². The zero-order chi connectivity index (χ0) is 8.74. The van der Waals surface area contributed by atoms with Gasteiger partial charge in [0, 0.05) is 0 Å². The Kier molecular flexibility index (Phi) is 9.00. The Morgan fingerprint density at radius 2 is 1.36 bits per heavy atom. The van der Waals surface area contributed by atoms with E-state index in [2.05, 4.69) is 0 Å². The molecular formula is C4H10Hg2O4P+. The third-order valence-corrected chi connectivity index (χ3v) is 10.0. The Labute approximate surface area is 101 Å². The van der Waals surface area contributed by atoms with E-state index in [0.717, 1.165) is 0 Å². The summed E-state index contributed by atoms with van der Waals surface area (Å²) < 4.78 is 21.1. The van der Waals surface area contributed by atoms with E-state index in [1.807, 2.05) is 13.8 Å². The summed E-state index contributed by atoms with van der Waals surface area (Å²) in [6.45, 7) is 4.99. The molecule has 0 aliphatic rings. The van der Waals surface area contributed by atoms with Crippen molar-refractivity contribution < 1.29 is 67.1 Å². The Hall–Kier alpha value is 2.14. The summed E-state index contributed by atoms with van der Waals surface area (Å²) in [4.78, 5) is 0. The third kappa shape index (κ3) is 4.79. The monoisotopic (exact) mass is 557 g/mol. The fourth-order valence-corrected chi connectivity index (χ4v) is 13.6. The summed E-state index contributed by atoms with van der Waals surface area (Å²) in [7, 11) is -2.29. The van der Waals surface area contributed by atoms with Gasteiger partial charge in [0.2, 0.25) is 0 Å². The second kappa shape index (κ2) is 7.54. The number of hydrogen-bond acceptors (Lipinski definition) is 4. The van der Waals surface area contributed by atoms with Gasteiger partial charge in [0.25, 0.3) is 0 Å². The van der Waals surface area contributed by atoms with Gasteiger partial charge in [-0.1, -0.05) is 0 Å². The minimum absolute atomic E-state index is 0.207. The fourth-order valence-electron chi connectivity index (χ4n) is 0.540. The minimum atomic E-state index is -2.29. The van der Waals surface area contributed by atoms with Crippen LogP contribution in [0.5, 0.6) is 0 Å². The van der Waals surface area contributed by atoms with Crippen LogP contribution in [0.1, 0.15) is 13.8 Å². The van der Waals surface area contributed by atoms with Crippen LogP contribution in [0.3, 0.4) is 0 Å². The van der Waals surface area contributed by atoms with Gasteiger partial charge < -0.3 is 0 Å². The van der Waals surface area contributed by atoms with Crippen molar-refractivity contribution in [3.8, 4) is 0 Å². The van der Waals surface area contributed by atoms with Gasteiger partial charge in [-0.25, -0.2) is 0 Å². The molecular weight excluding hydrogens is 544 g/mol. The van der Waals surface area contributed by atoms with Crippen molar-refractivity contribution in [3.05, 3.63) is 0 Å². The Morgan fingerprint density at radius 3 is 1.55 bits per heavy atom. The predicted molar refractivity (Wildman–Crippen MR) is 32.3 cm³/mol. The molecule has 0 rings (SSSR count). The molecule has 0 aromatic carbocycles. The first-order chi connectivity index (χ1) is 5.24. The third-order valence-electron chi connectivity index (χ3n) is 0.891. The second-order valence-corrected chi connectivity index (χ2v) is 9.49. The van der Waals surface area contributed by atoms with E-state index in [1.165, 1.54) is 0 Å². The summed E-state index contributed by atoms with van der Waals surface area (Å²) in [5.74, 6) is 0. The van der Waals surface area contributed by atoms with Gasteiger partial charge in [0.1, 0.15) is 0 Å². The van der Waals surface area contributed by atoms with E-state index in [-0.39, 0.29) is 53.2 Å². The molecule has 0 aromatic heterocycles. The molecule has 58 valence electrons.